The molecule has 3 aromatic rings. The van der Waals surface area contributed by atoms with Gasteiger partial charge < -0.3 is 5.32 Å². The van der Waals surface area contributed by atoms with E-state index in [4.69, 9.17) is 11.6 Å². The van der Waals surface area contributed by atoms with Gasteiger partial charge in [-0.15, -0.1) is 11.3 Å². The van der Waals surface area contributed by atoms with Gasteiger partial charge in [-0.1, -0.05) is 29.8 Å². The smallest absolute Gasteiger partial charge is 0.252 e. The topological polar surface area (TPSA) is 54.9 Å². The minimum Gasteiger partial charge on any atom is -0.348 e. The molecule has 0 radical (unpaired) electrons. The van der Waals surface area contributed by atoms with E-state index in [1.165, 1.54) is 11.3 Å². The first-order valence-corrected chi connectivity index (χ1v) is 7.87. The summed E-state index contributed by atoms with van der Waals surface area (Å²) in [4.78, 5) is 20.6. The summed E-state index contributed by atoms with van der Waals surface area (Å²) in [6, 6.07) is 11.1. The lowest BCUT2D eigenvalue weighted by atomic mass is 10.1. The Hall–Kier alpha value is -2.24. The van der Waals surface area contributed by atoms with E-state index < -0.39 is 0 Å². The van der Waals surface area contributed by atoms with Crippen LogP contribution in [0.5, 0.6) is 0 Å². The molecule has 1 N–H and O–H groups in total. The fourth-order valence-corrected chi connectivity index (χ4v) is 3.01. The van der Waals surface area contributed by atoms with Crippen molar-refractivity contribution in [2.45, 2.75) is 6.54 Å². The van der Waals surface area contributed by atoms with Crippen molar-refractivity contribution >= 4 is 28.8 Å². The van der Waals surface area contributed by atoms with Gasteiger partial charge in [-0.25, -0.2) is 4.98 Å². The number of benzene rings is 1. The molecule has 0 atom stereocenters. The van der Waals surface area contributed by atoms with Crippen molar-refractivity contribution in [1.82, 2.24) is 15.3 Å². The lowest BCUT2D eigenvalue weighted by Gasteiger charge is -2.08. The van der Waals surface area contributed by atoms with Crippen molar-refractivity contribution in [3.8, 4) is 10.6 Å². The third-order valence-corrected chi connectivity index (χ3v) is 4.28. The van der Waals surface area contributed by atoms with Gasteiger partial charge in [0.25, 0.3) is 5.91 Å². The fourth-order valence-electron chi connectivity index (χ4n) is 2.02. The number of amides is 1. The van der Waals surface area contributed by atoms with Crippen molar-refractivity contribution < 1.29 is 4.79 Å². The highest BCUT2D eigenvalue weighted by atomic mass is 35.5. The second kappa shape index (κ2) is 6.68. The van der Waals surface area contributed by atoms with E-state index in [9.17, 15) is 4.79 Å². The van der Waals surface area contributed by atoms with Gasteiger partial charge in [-0.2, -0.15) is 0 Å². The summed E-state index contributed by atoms with van der Waals surface area (Å²) in [6.45, 7) is 0.453. The lowest BCUT2D eigenvalue weighted by Crippen LogP contribution is -2.23. The van der Waals surface area contributed by atoms with Crippen LogP contribution in [0.3, 0.4) is 0 Å². The van der Waals surface area contributed by atoms with Crippen LogP contribution in [-0.4, -0.2) is 15.9 Å². The van der Waals surface area contributed by atoms with Crippen LogP contribution < -0.4 is 5.32 Å². The normalized spacial score (nSPS) is 10.4. The van der Waals surface area contributed by atoms with E-state index >= 15 is 0 Å². The van der Waals surface area contributed by atoms with Crippen molar-refractivity contribution in [3.63, 3.8) is 0 Å². The van der Waals surface area contributed by atoms with Gasteiger partial charge in [-0.05, 0) is 23.8 Å². The molecule has 4 nitrogen and oxygen atoms in total. The van der Waals surface area contributed by atoms with Gasteiger partial charge in [0.2, 0.25) is 0 Å². The number of pyridine rings is 1. The molecule has 22 heavy (non-hydrogen) atoms. The molecule has 0 aliphatic rings. The number of hydrogen-bond acceptors (Lipinski definition) is 4. The first-order chi connectivity index (χ1) is 10.7. The molecule has 110 valence electrons. The van der Waals surface area contributed by atoms with E-state index in [0.29, 0.717) is 17.3 Å². The summed E-state index contributed by atoms with van der Waals surface area (Å²) in [6.07, 6.45) is 3.40. The highest BCUT2D eigenvalue weighted by molar-refractivity contribution is 7.13. The quantitative estimate of drug-likeness (QED) is 0.792. The molecule has 2 heterocycles. The third kappa shape index (κ3) is 3.32. The van der Waals surface area contributed by atoms with Gasteiger partial charge in [0, 0.05) is 35.4 Å². The van der Waals surface area contributed by atoms with E-state index in [2.05, 4.69) is 15.3 Å². The van der Waals surface area contributed by atoms with Crippen LogP contribution in [0.1, 0.15) is 15.9 Å². The number of rotatable bonds is 4. The highest BCUT2D eigenvalue weighted by Gasteiger charge is 2.14. The zero-order valence-electron chi connectivity index (χ0n) is 11.5. The van der Waals surface area contributed by atoms with Gasteiger partial charge in [0.1, 0.15) is 10.2 Å². The molecule has 6 heteroatoms. The zero-order valence-corrected chi connectivity index (χ0v) is 13.1. The average molecular weight is 330 g/mol. The van der Waals surface area contributed by atoms with E-state index in [1.54, 1.807) is 23.8 Å². The summed E-state index contributed by atoms with van der Waals surface area (Å²) in [5, 5.41) is 5.83. The SMILES string of the molecule is O=C(NCc1ccncc1)c1ccccc1-c1nc(Cl)cs1. The molecule has 0 fully saturated rings. The average Bonchev–Trinajstić information content (AvgIpc) is 3.00. The Morgan fingerprint density at radius 1 is 1.18 bits per heavy atom. The van der Waals surface area contributed by atoms with Gasteiger partial charge in [0.05, 0.1) is 0 Å². The number of aromatic nitrogens is 2. The molecule has 0 saturated heterocycles. The van der Waals surface area contributed by atoms with E-state index in [-0.39, 0.29) is 5.91 Å². The first-order valence-electron chi connectivity index (χ1n) is 6.61. The number of carbonyl (C=O) groups excluding carboxylic acids is 1. The summed E-state index contributed by atoms with van der Waals surface area (Å²) < 4.78 is 0. The fraction of sp³-hybridized carbons (Fsp3) is 0.0625. The highest BCUT2D eigenvalue weighted by Crippen LogP contribution is 2.28. The van der Waals surface area contributed by atoms with Crippen molar-refractivity contribution in [2.75, 3.05) is 0 Å². The second-order valence-corrected chi connectivity index (χ2v) is 5.80. The number of carbonyl (C=O) groups is 1. The van der Waals surface area contributed by atoms with Gasteiger partial charge in [0.15, 0.2) is 0 Å². The molecule has 3 rings (SSSR count). The predicted octanol–water partition coefficient (Wildman–Crippen LogP) is 3.79. The molecule has 0 saturated carbocycles. The third-order valence-electron chi connectivity index (χ3n) is 3.08. The molecule has 1 aromatic carbocycles. The Morgan fingerprint density at radius 2 is 1.95 bits per heavy atom. The molecule has 0 spiro atoms. The Labute approximate surface area is 136 Å². The Bertz CT molecular complexity index is 789. The standard InChI is InChI=1S/C16H12ClN3OS/c17-14-10-22-16(20-14)13-4-2-1-3-12(13)15(21)19-9-11-5-7-18-8-6-11/h1-8,10H,9H2,(H,19,21). The first kappa shape index (κ1) is 14.7. The monoisotopic (exact) mass is 329 g/mol. The molecular weight excluding hydrogens is 318 g/mol. The molecule has 0 bridgehead atoms. The number of hydrogen-bond donors (Lipinski definition) is 1. The number of nitrogens with one attached hydrogen (secondary N) is 1. The van der Waals surface area contributed by atoms with Crippen LogP contribution >= 0.6 is 22.9 Å². The summed E-state index contributed by atoms with van der Waals surface area (Å²) in [5.74, 6) is -0.140. The van der Waals surface area contributed by atoms with Crippen molar-refractivity contribution in [1.29, 1.82) is 0 Å². The molecule has 0 aliphatic carbocycles. The maximum absolute atomic E-state index is 12.4. The van der Waals surface area contributed by atoms with Crippen LogP contribution in [0.2, 0.25) is 5.15 Å². The lowest BCUT2D eigenvalue weighted by molar-refractivity contribution is 0.0951. The minimum absolute atomic E-state index is 0.140. The zero-order chi connectivity index (χ0) is 15.4. The van der Waals surface area contributed by atoms with Crippen molar-refractivity contribution in [2.24, 2.45) is 0 Å². The molecular formula is C16H12ClN3OS. The van der Waals surface area contributed by atoms with Crippen LogP contribution in [0.4, 0.5) is 0 Å². The Balaban J connectivity index is 1.81. The largest absolute Gasteiger partial charge is 0.348 e. The van der Waals surface area contributed by atoms with Crippen LogP contribution in [0.25, 0.3) is 10.6 Å². The molecule has 0 aliphatic heterocycles. The number of halogens is 1. The number of nitrogens with zero attached hydrogens (tertiary/aromatic N) is 2. The summed E-state index contributed by atoms with van der Waals surface area (Å²) >= 11 is 7.29. The van der Waals surface area contributed by atoms with Crippen LogP contribution in [0, 0.1) is 0 Å². The van der Waals surface area contributed by atoms with Gasteiger partial charge >= 0.3 is 0 Å². The summed E-state index contributed by atoms with van der Waals surface area (Å²) in [7, 11) is 0. The van der Waals surface area contributed by atoms with Gasteiger partial charge in [-0.3, -0.25) is 9.78 Å². The van der Waals surface area contributed by atoms with Crippen LogP contribution in [0.15, 0.2) is 54.2 Å². The maximum Gasteiger partial charge on any atom is 0.252 e. The Kier molecular flexibility index (Phi) is 4.46. The Morgan fingerprint density at radius 3 is 2.68 bits per heavy atom. The molecule has 2 aromatic heterocycles. The van der Waals surface area contributed by atoms with E-state index in [0.717, 1.165) is 16.1 Å². The minimum atomic E-state index is -0.140. The number of thiazole rings is 1. The van der Waals surface area contributed by atoms with Crippen LogP contribution in [-0.2, 0) is 6.54 Å². The molecule has 0 unspecified atom stereocenters. The second-order valence-electron chi connectivity index (χ2n) is 4.56. The summed E-state index contributed by atoms with van der Waals surface area (Å²) in [5.41, 5.74) is 2.37. The van der Waals surface area contributed by atoms with E-state index in [1.807, 2.05) is 30.3 Å². The molecule has 1 amide bonds. The predicted molar refractivity (Wildman–Crippen MR) is 88.0 cm³/mol. The van der Waals surface area contributed by atoms with Crippen molar-refractivity contribution in [3.05, 3.63) is 70.5 Å². The maximum atomic E-state index is 12.4.